The molecule has 0 saturated carbocycles. The van der Waals surface area contributed by atoms with Gasteiger partial charge in [0.1, 0.15) is 17.6 Å². The van der Waals surface area contributed by atoms with Crippen LogP contribution in [0, 0.1) is 10.1 Å². The van der Waals surface area contributed by atoms with Crippen molar-refractivity contribution in [1.29, 1.82) is 0 Å². The van der Waals surface area contributed by atoms with Crippen LogP contribution in [0.5, 0.6) is 0 Å². The van der Waals surface area contributed by atoms with Crippen molar-refractivity contribution in [1.82, 2.24) is 9.88 Å². The number of amides is 1. The lowest BCUT2D eigenvalue weighted by Crippen LogP contribution is -2.33. The van der Waals surface area contributed by atoms with Gasteiger partial charge in [-0.1, -0.05) is 0 Å². The van der Waals surface area contributed by atoms with Crippen molar-refractivity contribution in [3.63, 3.8) is 0 Å². The van der Waals surface area contributed by atoms with Crippen LogP contribution < -0.4 is 5.32 Å². The molecule has 0 saturated heterocycles. The molecular formula is C12H18N4O3. The zero-order chi connectivity index (χ0) is 14.6. The molecule has 19 heavy (non-hydrogen) atoms. The summed E-state index contributed by atoms with van der Waals surface area (Å²) in [5.74, 6) is 0.0665. The van der Waals surface area contributed by atoms with Crippen LogP contribution in [0.3, 0.4) is 0 Å². The first-order valence-corrected chi connectivity index (χ1v) is 6.04. The molecule has 0 radical (unpaired) electrons. The Kier molecular flexibility index (Phi) is 4.80. The fraction of sp³-hybridized carbons (Fsp3) is 0.500. The van der Waals surface area contributed by atoms with Gasteiger partial charge in [-0.15, -0.1) is 0 Å². The fourth-order valence-electron chi connectivity index (χ4n) is 1.47. The van der Waals surface area contributed by atoms with Gasteiger partial charge in [0.2, 0.25) is 0 Å². The van der Waals surface area contributed by atoms with Gasteiger partial charge in [-0.2, -0.15) is 0 Å². The summed E-state index contributed by atoms with van der Waals surface area (Å²) in [6.07, 6.45) is 1.11. The van der Waals surface area contributed by atoms with Crippen LogP contribution in [0.2, 0.25) is 0 Å². The summed E-state index contributed by atoms with van der Waals surface area (Å²) in [5.41, 5.74) is -0.230. The van der Waals surface area contributed by atoms with E-state index >= 15 is 0 Å². The Morgan fingerprint density at radius 1 is 1.58 bits per heavy atom. The average Bonchev–Trinajstić information content (AvgIpc) is 2.36. The molecule has 1 amide bonds. The summed E-state index contributed by atoms with van der Waals surface area (Å²) in [6, 6.07) is 1.38. The lowest BCUT2D eigenvalue weighted by molar-refractivity contribution is -0.385. The zero-order valence-corrected chi connectivity index (χ0v) is 11.5. The van der Waals surface area contributed by atoms with E-state index in [9.17, 15) is 14.9 Å². The average molecular weight is 266 g/mol. The van der Waals surface area contributed by atoms with Gasteiger partial charge in [-0.05, 0) is 20.8 Å². The van der Waals surface area contributed by atoms with Crippen LogP contribution in [-0.2, 0) is 0 Å². The molecule has 0 fully saturated rings. The van der Waals surface area contributed by atoms with Crippen molar-refractivity contribution < 1.29 is 9.72 Å². The van der Waals surface area contributed by atoms with Crippen LogP contribution in [-0.4, -0.2) is 40.3 Å². The number of carbonyl (C=O) groups is 1. The van der Waals surface area contributed by atoms with Crippen molar-refractivity contribution in [2.45, 2.75) is 26.8 Å². The van der Waals surface area contributed by atoms with Gasteiger partial charge < -0.3 is 10.2 Å². The number of rotatable bonds is 5. The Morgan fingerprint density at radius 3 is 2.68 bits per heavy atom. The third-order valence-corrected chi connectivity index (χ3v) is 2.76. The Morgan fingerprint density at radius 2 is 2.21 bits per heavy atom. The summed E-state index contributed by atoms with van der Waals surface area (Å²) >= 11 is 0. The van der Waals surface area contributed by atoms with E-state index in [-0.39, 0.29) is 23.2 Å². The lowest BCUT2D eigenvalue weighted by atomic mass is 10.1. The number of hydrogen-bond donors (Lipinski definition) is 1. The molecule has 1 heterocycles. The SMILES string of the molecule is CCNc1cc(C(=O)N(C)C(C)C)c([N+](=O)[O-])cn1. The first-order chi connectivity index (χ1) is 8.88. The molecule has 0 atom stereocenters. The molecule has 104 valence electrons. The molecule has 1 aromatic rings. The molecule has 0 spiro atoms. The number of nitrogens with zero attached hydrogens (tertiary/aromatic N) is 3. The second-order valence-corrected chi connectivity index (χ2v) is 4.38. The van der Waals surface area contributed by atoms with E-state index in [0.717, 1.165) is 6.20 Å². The molecule has 0 aliphatic heterocycles. The summed E-state index contributed by atoms with van der Waals surface area (Å²) in [4.78, 5) is 28.0. The quantitative estimate of drug-likeness (QED) is 0.649. The molecule has 0 aliphatic carbocycles. The van der Waals surface area contributed by atoms with Gasteiger partial charge >= 0.3 is 0 Å². The molecule has 7 nitrogen and oxygen atoms in total. The van der Waals surface area contributed by atoms with Crippen LogP contribution in [0.15, 0.2) is 12.3 Å². The lowest BCUT2D eigenvalue weighted by Gasteiger charge is -2.21. The minimum atomic E-state index is -0.593. The summed E-state index contributed by atoms with van der Waals surface area (Å²) in [5, 5.41) is 13.9. The predicted octanol–water partition coefficient (Wildman–Crippen LogP) is 1.90. The van der Waals surface area contributed by atoms with Gasteiger partial charge in [0, 0.05) is 25.7 Å². The topological polar surface area (TPSA) is 88.4 Å². The number of aromatic nitrogens is 1. The van der Waals surface area contributed by atoms with Gasteiger partial charge in [0.15, 0.2) is 0 Å². The van der Waals surface area contributed by atoms with Crippen molar-refractivity contribution in [2.75, 3.05) is 18.9 Å². The zero-order valence-electron chi connectivity index (χ0n) is 11.5. The van der Waals surface area contributed by atoms with Crippen molar-refractivity contribution in [2.24, 2.45) is 0 Å². The standard InChI is InChI=1S/C12H18N4O3/c1-5-13-11-6-9(10(7-14-11)16(18)19)12(17)15(4)8(2)3/h6-8H,5H2,1-4H3,(H,13,14). The van der Waals surface area contributed by atoms with E-state index in [0.29, 0.717) is 12.4 Å². The Bertz CT molecular complexity index is 488. The minimum Gasteiger partial charge on any atom is -0.370 e. The molecule has 0 aliphatic rings. The molecule has 0 bridgehead atoms. The van der Waals surface area contributed by atoms with E-state index in [1.165, 1.54) is 11.0 Å². The van der Waals surface area contributed by atoms with E-state index in [1.807, 2.05) is 20.8 Å². The van der Waals surface area contributed by atoms with Crippen LogP contribution in [0.1, 0.15) is 31.1 Å². The maximum Gasteiger partial charge on any atom is 0.300 e. The summed E-state index contributed by atoms with van der Waals surface area (Å²) in [6.45, 7) is 6.19. The first kappa shape index (κ1) is 14.9. The summed E-state index contributed by atoms with van der Waals surface area (Å²) in [7, 11) is 1.62. The normalized spacial score (nSPS) is 10.4. The van der Waals surface area contributed by atoms with Crippen LogP contribution in [0.4, 0.5) is 11.5 Å². The second-order valence-electron chi connectivity index (χ2n) is 4.38. The smallest absolute Gasteiger partial charge is 0.300 e. The number of carbonyl (C=O) groups excluding carboxylic acids is 1. The molecule has 0 aromatic carbocycles. The van der Waals surface area contributed by atoms with E-state index in [2.05, 4.69) is 10.3 Å². The Hall–Kier alpha value is -2.18. The van der Waals surface area contributed by atoms with E-state index in [4.69, 9.17) is 0 Å². The maximum absolute atomic E-state index is 12.2. The molecule has 7 heteroatoms. The highest BCUT2D eigenvalue weighted by atomic mass is 16.6. The highest BCUT2D eigenvalue weighted by Gasteiger charge is 2.25. The number of pyridine rings is 1. The Labute approximate surface area is 111 Å². The monoisotopic (exact) mass is 266 g/mol. The summed E-state index contributed by atoms with van der Waals surface area (Å²) < 4.78 is 0. The third kappa shape index (κ3) is 3.40. The Balaban J connectivity index is 3.24. The van der Waals surface area contributed by atoms with Gasteiger partial charge in [0.05, 0.1) is 4.92 Å². The number of nitro groups is 1. The van der Waals surface area contributed by atoms with Crippen molar-refractivity contribution in [3.05, 3.63) is 27.9 Å². The molecule has 1 aromatic heterocycles. The van der Waals surface area contributed by atoms with Crippen molar-refractivity contribution in [3.8, 4) is 0 Å². The van der Waals surface area contributed by atoms with Gasteiger partial charge in [0.25, 0.3) is 11.6 Å². The maximum atomic E-state index is 12.2. The number of nitrogens with one attached hydrogen (secondary N) is 1. The molecule has 1 rings (SSSR count). The number of hydrogen-bond acceptors (Lipinski definition) is 5. The van der Waals surface area contributed by atoms with Crippen molar-refractivity contribution >= 4 is 17.4 Å². The number of anilines is 1. The molecule has 0 unspecified atom stereocenters. The molecular weight excluding hydrogens is 248 g/mol. The van der Waals surface area contributed by atoms with E-state index in [1.54, 1.807) is 7.05 Å². The van der Waals surface area contributed by atoms with Crippen LogP contribution >= 0.6 is 0 Å². The highest BCUT2D eigenvalue weighted by molar-refractivity contribution is 5.98. The van der Waals surface area contributed by atoms with Crippen LogP contribution in [0.25, 0.3) is 0 Å². The second kappa shape index (κ2) is 6.12. The minimum absolute atomic E-state index is 0.0390. The molecule has 1 N–H and O–H groups in total. The fourth-order valence-corrected chi connectivity index (χ4v) is 1.47. The largest absolute Gasteiger partial charge is 0.370 e. The van der Waals surface area contributed by atoms with Gasteiger partial charge in [-0.3, -0.25) is 14.9 Å². The third-order valence-electron chi connectivity index (χ3n) is 2.76. The predicted molar refractivity (Wildman–Crippen MR) is 72.3 cm³/mol. The first-order valence-electron chi connectivity index (χ1n) is 6.04. The highest BCUT2D eigenvalue weighted by Crippen LogP contribution is 2.22. The van der Waals surface area contributed by atoms with E-state index < -0.39 is 4.92 Å². The van der Waals surface area contributed by atoms with Gasteiger partial charge in [-0.25, -0.2) is 4.98 Å².